The molecule has 111 heavy (non-hydrogen) atoms. The van der Waals surface area contributed by atoms with Crippen molar-refractivity contribution < 1.29 is 62.5 Å². The van der Waals surface area contributed by atoms with Gasteiger partial charge in [0.05, 0.1) is 49.1 Å². The van der Waals surface area contributed by atoms with Crippen LogP contribution in [0.5, 0.6) is 11.5 Å². The second kappa shape index (κ2) is 36.2. The molecule has 0 aliphatic carbocycles. The van der Waals surface area contributed by atoms with Crippen LogP contribution in [0.4, 0.5) is 0 Å². The second-order valence-corrected chi connectivity index (χ2v) is 31.4. The predicted octanol–water partition coefficient (Wildman–Crippen LogP) is 6.01. The molecule has 2 fully saturated rings. The summed E-state index contributed by atoms with van der Waals surface area (Å²) < 4.78 is 20.5. The van der Waals surface area contributed by atoms with Crippen molar-refractivity contribution in [3.8, 4) is 11.5 Å². The summed E-state index contributed by atoms with van der Waals surface area (Å²) in [5.74, 6) is -5.49. The molecule has 0 unspecified atom stereocenters. The van der Waals surface area contributed by atoms with Gasteiger partial charge in [0.1, 0.15) is 54.0 Å². The molecule has 9 N–H and O–H groups in total. The van der Waals surface area contributed by atoms with Crippen LogP contribution in [0.1, 0.15) is 133 Å². The highest BCUT2D eigenvalue weighted by atomic mass is 16.5. The summed E-state index contributed by atoms with van der Waals surface area (Å²) in [4.78, 5) is 135. The van der Waals surface area contributed by atoms with E-state index in [0.29, 0.717) is 42.2 Å². The zero-order valence-corrected chi connectivity index (χ0v) is 64.5. The zero-order valence-electron chi connectivity index (χ0n) is 64.5. The molecule has 29 nitrogen and oxygen atoms in total. The lowest BCUT2D eigenvalue weighted by Gasteiger charge is -2.36. The first-order chi connectivity index (χ1) is 53.1. The molecular formula is C82H102N16O13. The lowest BCUT2D eigenvalue weighted by molar-refractivity contribution is -0.145. The normalized spacial score (nSPS) is 22.1. The number of carboxylic acid groups (broad SMARTS) is 1. The van der Waals surface area contributed by atoms with Gasteiger partial charge >= 0.3 is 5.97 Å². The first-order valence-corrected chi connectivity index (χ1v) is 38.0. The first kappa shape index (κ1) is 81.0. The number of hydrogen-bond acceptors (Lipinski definition) is 19. The van der Waals surface area contributed by atoms with Gasteiger partial charge in [0.2, 0.25) is 41.4 Å². The molecule has 7 amide bonds. The molecule has 29 heteroatoms. The number of Topliss-reactive ketones (excluding diaryl/α,β-unsaturated/α-hetero) is 1. The van der Waals surface area contributed by atoms with Crippen molar-refractivity contribution in [2.75, 3.05) is 40.4 Å². The van der Waals surface area contributed by atoms with E-state index in [-0.39, 0.29) is 77.1 Å². The van der Waals surface area contributed by atoms with E-state index in [1.165, 1.54) is 9.80 Å². The van der Waals surface area contributed by atoms with Gasteiger partial charge in [0, 0.05) is 64.1 Å². The Balaban J connectivity index is 0.898. The van der Waals surface area contributed by atoms with E-state index < -0.39 is 136 Å². The monoisotopic (exact) mass is 1520 g/mol. The Morgan fingerprint density at radius 1 is 0.595 bits per heavy atom. The van der Waals surface area contributed by atoms with Gasteiger partial charge in [-0.25, -0.2) is 9.48 Å². The molecule has 8 heterocycles. The summed E-state index contributed by atoms with van der Waals surface area (Å²) in [5, 5.41) is 59.0. The Hall–Kier alpha value is -11.0. The Morgan fingerprint density at radius 2 is 1.15 bits per heavy atom. The first-order valence-electron chi connectivity index (χ1n) is 38.0. The molecule has 2 aromatic heterocycles. The van der Waals surface area contributed by atoms with Gasteiger partial charge in [-0.2, -0.15) is 5.21 Å². The van der Waals surface area contributed by atoms with E-state index >= 15 is 24.0 Å². The minimum atomic E-state index is -1.45. The number of aliphatic carboxylic acids is 1. The fraction of sp³-hybridized carbons (Fsp3) is 0.463. The number of carbonyl (C=O) groups excluding carboxylic acids is 8. The fourth-order valence-electron chi connectivity index (χ4n) is 14.3. The Labute approximate surface area is 645 Å². The maximum atomic E-state index is 15.4. The molecule has 8 aromatic rings. The number of ether oxygens (including phenoxy) is 3. The van der Waals surface area contributed by atoms with E-state index in [2.05, 4.69) is 68.2 Å². The van der Waals surface area contributed by atoms with Gasteiger partial charge in [-0.15, -0.1) is 15.3 Å². The maximum Gasteiger partial charge on any atom is 0.326 e. The number of ketones is 1. The van der Waals surface area contributed by atoms with Crippen molar-refractivity contribution >= 4 is 74.6 Å². The van der Waals surface area contributed by atoms with Gasteiger partial charge < -0.3 is 66.3 Å². The van der Waals surface area contributed by atoms with Gasteiger partial charge in [-0.1, -0.05) is 161 Å². The minimum absolute atomic E-state index is 0.0123. The topological polar surface area (TPSA) is 377 Å². The van der Waals surface area contributed by atoms with Crippen LogP contribution in [0.15, 0.2) is 140 Å². The number of hydrogen-bond donors (Lipinski definition) is 9. The number of nitrogens with one attached hydrogen (secondary N) is 8. The summed E-state index contributed by atoms with van der Waals surface area (Å²) in [6.07, 6.45) is 1.96. The highest BCUT2D eigenvalue weighted by Crippen LogP contribution is 2.34. The average molecular weight is 1520 g/mol. The van der Waals surface area contributed by atoms with Gasteiger partial charge in [0.25, 0.3) is 0 Å². The van der Waals surface area contributed by atoms with Crippen molar-refractivity contribution in [3.63, 3.8) is 0 Å². The van der Waals surface area contributed by atoms with Crippen LogP contribution in [-0.4, -0.2) is 198 Å². The number of rotatable bonds is 14. The van der Waals surface area contributed by atoms with Crippen LogP contribution in [0.2, 0.25) is 0 Å². The number of likely N-dealkylation sites (tertiary alicyclic amines) is 2. The third kappa shape index (κ3) is 20.9. The lowest BCUT2D eigenvalue weighted by atomic mass is 9.85. The molecule has 0 spiro atoms. The third-order valence-corrected chi connectivity index (χ3v) is 21.0. The SMILES string of the molecule is CN[C@@H](C)C(=O)N[C@H](C(=O)N1C[C@@H]2C[C@H]1C(=O)C[C@@H](Cc1ccc3ccccc3c1)C(=O)N[C@H](C(=O)O)Cc1ccc(cc1)OCc1cn(nn1)[C@H]1C[C@@H](C(=O)N[C@@H](Cc3ccc4ccccc4c3)C(=O)N[C@H](c3nn[nH]n3)Cc3ccc(cc3)OCCCCO2)N(C(=O)[C@@H](NC(=O)[C@H](C)NC)C(C)(C)C)C1)C(C)(C)C. The number of nitrogens with zero attached hydrogens (tertiary/aromatic N) is 8. The number of H-pyrrole nitrogens is 1. The Morgan fingerprint density at radius 3 is 1.72 bits per heavy atom. The summed E-state index contributed by atoms with van der Waals surface area (Å²) >= 11 is 0. The molecule has 0 saturated carbocycles. The number of likely N-dealkylation sites (N-methyl/N-ethyl adjacent to an activating group) is 2. The molecule has 2 saturated heterocycles. The standard InChI is InChI=1S/C82H102N16O13/c1-48(83-9)73(100)88-70(81(3,4)5)78(105)96-45-60-42-68(96)77(104)86-65(40-53-22-28-55-18-12-14-20-57(55)36-53)76(103)85-64(72-91-93-94-92-72)38-50-23-29-61(30-24-50)109-33-15-16-34-110-63-43-67(97(46-63)79(106)71(82(6,7)8)89-74(101)49(2)84-10)69(99)41-58(37-52-21-27-54-17-11-13-19-56(54)35-52)75(102)87-66(80(107)108)39-51-25-31-62(32-26-51)111-47-59-44-98(60)95-90-59/h11-14,17-32,35-36,44,48-49,58,60,63-68,70-71,83-84H,15-16,33-34,37-43,45-47H2,1-10H3,(H,85,103)(H,86,104)(H,87,102)(H,88,100)(H,89,101)(H,107,108)(H,91,92,93,94)/t48-,49-,58+,60-,63-,64-,65-,66-,67-,68-,70+,71+/m0/s1. The van der Waals surface area contributed by atoms with E-state index in [4.69, 9.17) is 14.2 Å². The van der Waals surface area contributed by atoms with Gasteiger partial charge in [0.15, 0.2) is 11.6 Å². The maximum absolute atomic E-state index is 15.4. The highest BCUT2D eigenvalue weighted by molar-refractivity contribution is 5.98. The van der Waals surface area contributed by atoms with Crippen LogP contribution in [-0.2, 0) is 80.2 Å². The zero-order chi connectivity index (χ0) is 79.3. The third-order valence-electron chi connectivity index (χ3n) is 21.0. The molecule has 0 radical (unpaired) electrons. The number of carbonyl (C=O) groups is 9. The van der Waals surface area contributed by atoms with E-state index in [0.717, 1.165) is 38.2 Å². The molecular weight excluding hydrogens is 1420 g/mol. The molecule has 14 rings (SSSR count). The Bertz CT molecular complexity index is 4600. The second-order valence-electron chi connectivity index (χ2n) is 31.4. The Kier molecular flexibility index (Phi) is 26.4. The van der Waals surface area contributed by atoms with Gasteiger partial charge in [-0.3, -0.25) is 38.4 Å². The molecule has 588 valence electrons. The lowest BCUT2D eigenvalue weighted by Crippen LogP contribution is -2.60. The van der Waals surface area contributed by atoms with Crippen LogP contribution in [0, 0.1) is 16.7 Å². The summed E-state index contributed by atoms with van der Waals surface area (Å²) in [5.41, 5.74) is 1.47. The number of fused-ring (bicyclic) bond motifs is 2. The van der Waals surface area contributed by atoms with E-state index in [1.54, 1.807) is 75.2 Å². The van der Waals surface area contributed by atoms with Crippen molar-refractivity contribution in [1.82, 2.24) is 82.6 Å². The van der Waals surface area contributed by atoms with Crippen molar-refractivity contribution in [1.29, 1.82) is 0 Å². The number of aromatic nitrogens is 7. The summed E-state index contributed by atoms with van der Waals surface area (Å²) in [6, 6.07) is 31.0. The molecule has 6 aliphatic heterocycles. The highest BCUT2D eigenvalue weighted by Gasteiger charge is 2.49. The van der Waals surface area contributed by atoms with Gasteiger partial charge in [-0.05, 0) is 126 Å². The number of amides is 7. The van der Waals surface area contributed by atoms with Crippen LogP contribution < -0.4 is 46.7 Å². The fourth-order valence-corrected chi connectivity index (χ4v) is 14.3. The largest absolute Gasteiger partial charge is 0.494 e. The predicted molar refractivity (Wildman–Crippen MR) is 413 cm³/mol. The number of tetrazole rings is 1. The molecule has 10 bridgehead atoms. The molecule has 6 aromatic carbocycles. The van der Waals surface area contributed by atoms with E-state index in [1.807, 2.05) is 139 Å². The minimum Gasteiger partial charge on any atom is -0.494 e. The van der Waals surface area contributed by atoms with Crippen LogP contribution in [0.25, 0.3) is 21.5 Å². The summed E-state index contributed by atoms with van der Waals surface area (Å²) in [6.45, 7) is 14.7. The summed E-state index contributed by atoms with van der Waals surface area (Å²) in [7, 11) is 3.27. The number of carboxylic acids is 1. The number of benzene rings is 6. The molecule has 12 atom stereocenters. The van der Waals surface area contributed by atoms with E-state index in [9.17, 15) is 24.3 Å². The number of aromatic amines is 1. The van der Waals surface area contributed by atoms with Crippen LogP contribution >= 0.6 is 0 Å². The molecule has 6 aliphatic rings. The van der Waals surface area contributed by atoms with Crippen molar-refractivity contribution in [2.24, 2.45) is 16.7 Å². The van der Waals surface area contributed by atoms with Crippen molar-refractivity contribution in [2.45, 2.75) is 186 Å². The van der Waals surface area contributed by atoms with Crippen molar-refractivity contribution in [3.05, 3.63) is 173 Å². The smallest absolute Gasteiger partial charge is 0.326 e. The van der Waals surface area contributed by atoms with Crippen LogP contribution in [0.3, 0.4) is 0 Å². The average Bonchev–Trinajstić information content (AvgIpc) is 1.55. The quantitative estimate of drug-likeness (QED) is 0.0601.